The first-order chi connectivity index (χ1) is 7.54. The maximum Gasteiger partial charge on any atom is 0.342 e. The average Bonchev–Trinajstić information content (AvgIpc) is 2.53. The van der Waals surface area contributed by atoms with E-state index in [4.69, 9.17) is 4.74 Å². The molecule has 2 heterocycles. The lowest BCUT2D eigenvalue weighted by molar-refractivity contribution is 0.0602. The number of aromatic nitrogens is 2. The van der Waals surface area contributed by atoms with Gasteiger partial charge >= 0.3 is 5.97 Å². The molecule has 0 aromatic carbocycles. The molecule has 16 heavy (non-hydrogen) atoms. The lowest BCUT2D eigenvalue weighted by Gasteiger charge is -2.01. The van der Waals surface area contributed by atoms with Crippen molar-refractivity contribution in [1.82, 2.24) is 9.61 Å². The first kappa shape index (κ1) is 11.6. The van der Waals surface area contributed by atoms with Gasteiger partial charge in [0.2, 0.25) is 0 Å². The predicted octanol–water partition coefficient (Wildman–Crippen LogP) is 2.95. The van der Waals surface area contributed by atoms with Gasteiger partial charge < -0.3 is 4.74 Å². The predicted molar refractivity (Wildman–Crippen MR) is 66.7 cm³/mol. The van der Waals surface area contributed by atoms with Crippen LogP contribution in [0.1, 0.15) is 16.1 Å². The zero-order chi connectivity index (χ0) is 11.9. The van der Waals surface area contributed by atoms with Crippen molar-refractivity contribution in [3.05, 3.63) is 32.5 Å². The standard InChI is InChI=1S/C10H8Br2N2O2/c1-5-8(10(15)16-2)9-7(12)3-6(11)4-14(9)13-5/h3-4H,1-2H3. The summed E-state index contributed by atoms with van der Waals surface area (Å²) < 4.78 is 8.07. The molecule has 0 aliphatic rings. The van der Waals surface area contributed by atoms with Crippen LogP contribution in [0.3, 0.4) is 0 Å². The molecule has 0 unspecified atom stereocenters. The van der Waals surface area contributed by atoms with E-state index in [1.165, 1.54) is 7.11 Å². The van der Waals surface area contributed by atoms with Crippen molar-refractivity contribution in [2.24, 2.45) is 0 Å². The van der Waals surface area contributed by atoms with E-state index in [1.807, 2.05) is 6.07 Å². The molecule has 0 saturated carbocycles. The summed E-state index contributed by atoms with van der Waals surface area (Å²) in [4.78, 5) is 11.6. The Labute approximate surface area is 109 Å². The van der Waals surface area contributed by atoms with Crippen LogP contribution >= 0.6 is 31.9 Å². The van der Waals surface area contributed by atoms with Crippen LogP contribution in [0.5, 0.6) is 0 Å². The molecule has 2 aromatic rings. The Morgan fingerprint density at radius 2 is 2.19 bits per heavy atom. The number of methoxy groups -OCH3 is 1. The number of hydrogen-bond donors (Lipinski definition) is 0. The summed E-state index contributed by atoms with van der Waals surface area (Å²) in [6, 6.07) is 1.86. The molecule has 0 fully saturated rings. The number of hydrogen-bond acceptors (Lipinski definition) is 3. The highest BCUT2D eigenvalue weighted by Crippen LogP contribution is 2.27. The van der Waals surface area contributed by atoms with E-state index < -0.39 is 0 Å². The highest BCUT2D eigenvalue weighted by atomic mass is 79.9. The Hall–Kier alpha value is -0.880. The number of carbonyl (C=O) groups is 1. The topological polar surface area (TPSA) is 43.6 Å². The molecule has 4 nitrogen and oxygen atoms in total. The summed E-state index contributed by atoms with van der Waals surface area (Å²) in [5.41, 5.74) is 1.85. The molecule has 0 spiro atoms. The summed E-state index contributed by atoms with van der Waals surface area (Å²) in [7, 11) is 1.36. The van der Waals surface area contributed by atoms with Gasteiger partial charge in [0.25, 0.3) is 0 Å². The van der Waals surface area contributed by atoms with Gasteiger partial charge in [-0.25, -0.2) is 9.31 Å². The maximum absolute atomic E-state index is 11.6. The van der Waals surface area contributed by atoms with E-state index in [0.29, 0.717) is 16.8 Å². The van der Waals surface area contributed by atoms with Crippen molar-refractivity contribution in [2.75, 3.05) is 7.11 Å². The Balaban J connectivity index is 2.84. The third kappa shape index (κ3) is 1.76. The van der Waals surface area contributed by atoms with E-state index >= 15 is 0 Å². The van der Waals surface area contributed by atoms with Crippen LogP contribution in [0.4, 0.5) is 0 Å². The van der Waals surface area contributed by atoms with Gasteiger partial charge in [-0.3, -0.25) is 0 Å². The van der Waals surface area contributed by atoms with E-state index in [-0.39, 0.29) is 5.97 Å². The second-order valence-electron chi connectivity index (χ2n) is 3.25. The highest BCUT2D eigenvalue weighted by Gasteiger charge is 2.19. The molecule has 0 bridgehead atoms. The van der Waals surface area contributed by atoms with E-state index in [0.717, 1.165) is 8.95 Å². The molecule has 6 heteroatoms. The Bertz CT molecular complexity index is 578. The fourth-order valence-electron chi connectivity index (χ4n) is 1.56. The van der Waals surface area contributed by atoms with Crippen molar-refractivity contribution in [3.63, 3.8) is 0 Å². The van der Waals surface area contributed by atoms with Crippen molar-refractivity contribution >= 4 is 43.3 Å². The summed E-state index contributed by atoms with van der Waals surface area (Å²) in [6.45, 7) is 1.78. The van der Waals surface area contributed by atoms with Gasteiger partial charge in [-0.05, 0) is 44.8 Å². The van der Waals surface area contributed by atoms with Gasteiger partial charge in [-0.1, -0.05) is 0 Å². The van der Waals surface area contributed by atoms with Crippen molar-refractivity contribution < 1.29 is 9.53 Å². The Morgan fingerprint density at radius 3 is 2.81 bits per heavy atom. The zero-order valence-electron chi connectivity index (χ0n) is 8.62. The molecule has 2 rings (SSSR count). The van der Waals surface area contributed by atoms with Gasteiger partial charge in [-0.2, -0.15) is 5.10 Å². The van der Waals surface area contributed by atoms with Crippen LogP contribution < -0.4 is 0 Å². The second kappa shape index (κ2) is 4.18. The van der Waals surface area contributed by atoms with Crippen LogP contribution in [0, 0.1) is 6.92 Å². The first-order valence-corrected chi connectivity index (χ1v) is 6.05. The van der Waals surface area contributed by atoms with E-state index in [2.05, 4.69) is 37.0 Å². The maximum atomic E-state index is 11.6. The summed E-state index contributed by atoms with van der Waals surface area (Å²) >= 11 is 6.77. The zero-order valence-corrected chi connectivity index (χ0v) is 11.8. The van der Waals surface area contributed by atoms with Crippen LogP contribution in [0.15, 0.2) is 21.2 Å². The molecular formula is C10H8Br2N2O2. The third-order valence-electron chi connectivity index (χ3n) is 2.21. The van der Waals surface area contributed by atoms with Gasteiger partial charge in [-0.15, -0.1) is 0 Å². The fraction of sp³-hybridized carbons (Fsp3) is 0.200. The normalized spacial score (nSPS) is 10.8. The molecule has 0 saturated heterocycles. The molecule has 0 N–H and O–H groups in total. The Kier molecular flexibility index (Phi) is 3.03. The number of halogens is 2. The van der Waals surface area contributed by atoms with E-state index in [9.17, 15) is 4.79 Å². The minimum absolute atomic E-state index is 0.379. The lowest BCUT2D eigenvalue weighted by Crippen LogP contribution is -2.02. The molecule has 0 atom stereocenters. The van der Waals surface area contributed by atoms with Gasteiger partial charge in [0.05, 0.1) is 18.3 Å². The third-order valence-corrected chi connectivity index (χ3v) is 3.25. The Morgan fingerprint density at radius 1 is 1.50 bits per heavy atom. The summed E-state index contributed by atoms with van der Waals surface area (Å²) in [6.07, 6.45) is 1.79. The molecule has 0 amide bonds. The number of esters is 1. The van der Waals surface area contributed by atoms with Crippen LogP contribution in [0.2, 0.25) is 0 Å². The number of carbonyl (C=O) groups excluding carboxylic acids is 1. The van der Waals surface area contributed by atoms with Crippen molar-refractivity contribution in [3.8, 4) is 0 Å². The van der Waals surface area contributed by atoms with Crippen molar-refractivity contribution in [2.45, 2.75) is 6.92 Å². The van der Waals surface area contributed by atoms with E-state index in [1.54, 1.807) is 17.6 Å². The number of pyridine rings is 1. The van der Waals surface area contributed by atoms with Crippen LogP contribution in [0.25, 0.3) is 5.52 Å². The first-order valence-electron chi connectivity index (χ1n) is 4.47. The van der Waals surface area contributed by atoms with Gasteiger partial charge in [0.1, 0.15) is 5.56 Å². The molecule has 0 aliphatic carbocycles. The fourth-order valence-corrected chi connectivity index (χ4v) is 2.92. The average molecular weight is 348 g/mol. The lowest BCUT2D eigenvalue weighted by atomic mass is 10.2. The van der Waals surface area contributed by atoms with Crippen molar-refractivity contribution in [1.29, 1.82) is 0 Å². The van der Waals surface area contributed by atoms with Gasteiger partial charge in [0, 0.05) is 15.1 Å². The number of rotatable bonds is 1. The summed E-state index contributed by atoms with van der Waals surface area (Å²) in [5.74, 6) is -0.379. The highest BCUT2D eigenvalue weighted by molar-refractivity contribution is 9.11. The van der Waals surface area contributed by atoms with Crippen LogP contribution in [-0.4, -0.2) is 22.7 Å². The SMILES string of the molecule is COC(=O)c1c(C)nn2cc(Br)cc(Br)c12. The molecule has 2 aromatic heterocycles. The minimum Gasteiger partial charge on any atom is -0.465 e. The smallest absolute Gasteiger partial charge is 0.342 e. The number of ether oxygens (including phenoxy) is 1. The number of fused-ring (bicyclic) bond motifs is 1. The van der Waals surface area contributed by atoms with Gasteiger partial charge in [0.15, 0.2) is 0 Å². The number of aryl methyl sites for hydroxylation is 1. The monoisotopic (exact) mass is 346 g/mol. The number of nitrogens with zero attached hydrogens (tertiary/aromatic N) is 2. The van der Waals surface area contributed by atoms with Crippen LogP contribution in [-0.2, 0) is 4.74 Å². The minimum atomic E-state index is -0.379. The largest absolute Gasteiger partial charge is 0.465 e. The molecule has 0 aliphatic heterocycles. The molecule has 84 valence electrons. The second-order valence-corrected chi connectivity index (χ2v) is 5.02. The molecular weight excluding hydrogens is 340 g/mol. The molecule has 0 radical (unpaired) electrons. The summed E-state index contributed by atoms with van der Waals surface area (Å²) in [5, 5.41) is 4.26. The quantitative estimate of drug-likeness (QED) is 0.745.